The van der Waals surface area contributed by atoms with Crippen LogP contribution in [0.4, 0.5) is 10.1 Å². The fourth-order valence-electron chi connectivity index (χ4n) is 2.90. The number of amides is 1. The molecule has 0 bridgehead atoms. The highest BCUT2D eigenvalue weighted by molar-refractivity contribution is 7.69. The number of benzene rings is 2. The molecule has 0 aromatic heterocycles. The van der Waals surface area contributed by atoms with Crippen LogP contribution in [0.3, 0.4) is 0 Å². The highest BCUT2D eigenvalue weighted by Crippen LogP contribution is 2.28. The summed E-state index contributed by atoms with van der Waals surface area (Å²) in [5, 5.41) is 2.84. The van der Waals surface area contributed by atoms with Crippen LogP contribution in [-0.4, -0.2) is 23.8 Å². The van der Waals surface area contributed by atoms with Crippen LogP contribution in [0.25, 0.3) is 0 Å². The Kier molecular flexibility index (Phi) is 7.97. The van der Waals surface area contributed by atoms with E-state index >= 15 is 0 Å². The minimum absolute atomic E-state index is 0.223. The Hall–Kier alpha value is -2.45. The summed E-state index contributed by atoms with van der Waals surface area (Å²) in [7, 11) is -0.754. The van der Waals surface area contributed by atoms with Crippen LogP contribution in [0.1, 0.15) is 50.4 Å². The van der Waals surface area contributed by atoms with Crippen molar-refractivity contribution < 1.29 is 22.3 Å². The molecular formula is C22H29FN2O4S. The molecule has 0 saturated heterocycles. The lowest BCUT2D eigenvalue weighted by atomic mass is 9.87. The molecule has 0 aliphatic heterocycles. The maximum atomic E-state index is 14.3. The summed E-state index contributed by atoms with van der Waals surface area (Å²) in [6.45, 7) is 9.26. The molecule has 164 valence electrons. The summed E-state index contributed by atoms with van der Waals surface area (Å²) in [5.41, 5.74) is 2.54. The second kappa shape index (κ2) is 10.0. The lowest BCUT2D eigenvalue weighted by Crippen LogP contribution is -2.31. The summed E-state index contributed by atoms with van der Waals surface area (Å²) < 4.78 is 39.8. The van der Waals surface area contributed by atoms with Gasteiger partial charge in [-0.15, -0.1) is 0 Å². The molecular weight excluding hydrogens is 407 g/mol. The van der Waals surface area contributed by atoms with Crippen LogP contribution in [0.15, 0.2) is 40.8 Å². The number of thiol groups is 1. The molecule has 0 radical (unpaired) electrons. The van der Waals surface area contributed by atoms with Crippen LogP contribution in [0.2, 0.25) is 0 Å². The van der Waals surface area contributed by atoms with E-state index in [1.807, 2.05) is 40.7 Å². The van der Waals surface area contributed by atoms with E-state index in [9.17, 15) is 13.4 Å². The molecule has 30 heavy (non-hydrogen) atoms. The zero-order valence-corrected chi connectivity index (χ0v) is 19.0. The van der Waals surface area contributed by atoms with Crippen molar-refractivity contribution in [2.75, 3.05) is 13.7 Å². The molecule has 6 nitrogen and oxygen atoms in total. The molecule has 0 saturated carbocycles. The largest absolute Gasteiger partial charge is 0.484 e. The van der Waals surface area contributed by atoms with Gasteiger partial charge in [0.25, 0.3) is 5.91 Å². The zero-order chi connectivity index (χ0) is 22.5. The lowest BCUT2D eigenvalue weighted by molar-refractivity contribution is -0.123. The normalized spacial score (nSPS) is 13.7. The molecule has 1 unspecified atom stereocenters. The van der Waals surface area contributed by atoms with Gasteiger partial charge >= 0.3 is 0 Å². The number of nitrogens with one attached hydrogen (secondary N) is 1. The van der Waals surface area contributed by atoms with Gasteiger partial charge in [0.1, 0.15) is 11.6 Å². The third kappa shape index (κ3) is 6.53. The van der Waals surface area contributed by atoms with Crippen molar-refractivity contribution in [3.05, 3.63) is 58.9 Å². The van der Waals surface area contributed by atoms with Gasteiger partial charge in [0.05, 0.1) is 18.8 Å². The van der Waals surface area contributed by atoms with Gasteiger partial charge < -0.3 is 10.1 Å². The van der Waals surface area contributed by atoms with Crippen molar-refractivity contribution in [1.29, 1.82) is 0 Å². The second-order valence-corrected chi connectivity index (χ2v) is 9.08. The maximum Gasteiger partial charge on any atom is 0.258 e. The fourth-order valence-corrected chi connectivity index (χ4v) is 3.38. The molecule has 0 aliphatic rings. The van der Waals surface area contributed by atoms with Crippen LogP contribution >= 0.6 is 0 Å². The van der Waals surface area contributed by atoms with Gasteiger partial charge in [0, 0.05) is 6.07 Å². The lowest BCUT2D eigenvalue weighted by Gasteiger charge is -2.20. The molecule has 0 aliphatic carbocycles. The summed E-state index contributed by atoms with van der Waals surface area (Å²) in [6, 6.07) is 9.77. The van der Waals surface area contributed by atoms with Crippen molar-refractivity contribution in [1.82, 2.24) is 5.32 Å². The SMILES string of the molecule is CO[SH](=O)=Nc1ccc([C@@H](C)NC(=O)COc2ccc(C(C)(C)C)c(F)c2)cc1C. The van der Waals surface area contributed by atoms with Crippen LogP contribution in [0.5, 0.6) is 5.75 Å². The first-order valence-corrected chi connectivity index (χ1v) is 10.7. The van der Waals surface area contributed by atoms with E-state index in [0.29, 0.717) is 17.0 Å². The third-order valence-corrected chi connectivity index (χ3v) is 5.25. The first-order chi connectivity index (χ1) is 14.0. The van der Waals surface area contributed by atoms with Crippen molar-refractivity contribution in [2.45, 2.75) is 46.1 Å². The number of halogens is 1. The van der Waals surface area contributed by atoms with E-state index in [0.717, 1.165) is 11.1 Å². The molecule has 2 atom stereocenters. The van der Waals surface area contributed by atoms with Gasteiger partial charge in [0.2, 0.25) is 0 Å². The molecule has 2 rings (SSSR count). The first kappa shape index (κ1) is 23.8. The van der Waals surface area contributed by atoms with Crippen molar-refractivity contribution in [2.24, 2.45) is 4.36 Å². The maximum absolute atomic E-state index is 14.3. The second-order valence-electron chi connectivity index (χ2n) is 8.04. The van der Waals surface area contributed by atoms with Gasteiger partial charge in [-0.25, -0.2) is 8.60 Å². The van der Waals surface area contributed by atoms with E-state index in [1.54, 1.807) is 24.3 Å². The topological polar surface area (TPSA) is 77.0 Å². The minimum Gasteiger partial charge on any atom is -0.484 e. The predicted octanol–water partition coefficient (Wildman–Crippen LogP) is 4.55. The first-order valence-electron chi connectivity index (χ1n) is 9.57. The molecule has 2 aromatic carbocycles. The van der Waals surface area contributed by atoms with Crippen molar-refractivity contribution in [3.8, 4) is 5.75 Å². The van der Waals surface area contributed by atoms with Gasteiger partial charge in [-0.1, -0.05) is 39.0 Å². The van der Waals surface area contributed by atoms with Crippen LogP contribution in [0, 0.1) is 12.7 Å². The predicted molar refractivity (Wildman–Crippen MR) is 117 cm³/mol. The van der Waals surface area contributed by atoms with Gasteiger partial charge in [-0.2, -0.15) is 4.36 Å². The summed E-state index contributed by atoms with van der Waals surface area (Å²) in [5.74, 6) is -0.376. The minimum atomic E-state index is -2.09. The Labute approximate surface area is 179 Å². The molecule has 0 heterocycles. The Morgan fingerprint density at radius 2 is 1.93 bits per heavy atom. The van der Waals surface area contributed by atoms with E-state index in [-0.39, 0.29) is 29.8 Å². The zero-order valence-electron chi connectivity index (χ0n) is 18.2. The van der Waals surface area contributed by atoms with Gasteiger partial charge in [0.15, 0.2) is 17.5 Å². The number of hydrogen-bond donors (Lipinski definition) is 2. The molecule has 0 spiro atoms. The van der Waals surface area contributed by atoms with E-state index in [1.165, 1.54) is 13.2 Å². The Balaban J connectivity index is 1.97. The van der Waals surface area contributed by atoms with Crippen molar-refractivity contribution >= 4 is 22.5 Å². The molecule has 8 heteroatoms. The van der Waals surface area contributed by atoms with E-state index in [4.69, 9.17) is 4.74 Å². The Morgan fingerprint density at radius 1 is 1.23 bits per heavy atom. The highest BCUT2D eigenvalue weighted by Gasteiger charge is 2.19. The third-order valence-electron chi connectivity index (χ3n) is 4.56. The summed E-state index contributed by atoms with van der Waals surface area (Å²) in [6.07, 6.45) is 0. The molecule has 0 fully saturated rings. The highest BCUT2D eigenvalue weighted by atomic mass is 32.2. The van der Waals surface area contributed by atoms with Crippen LogP contribution < -0.4 is 10.1 Å². The summed E-state index contributed by atoms with van der Waals surface area (Å²) >= 11 is 0. The van der Waals surface area contributed by atoms with E-state index in [2.05, 4.69) is 13.9 Å². The number of aryl methyl sites for hydroxylation is 1. The van der Waals surface area contributed by atoms with Crippen molar-refractivity contribution in [3.63, 3.8) is 0 Å². The monoisotopic (exact) mass is 436 g/mol. The quantitative estimate of drug-likeness (QED) is 0.625. The smallest absolute Gasteiger partial charge is 0.258 e. The number of carbonyl (C=O) groups excluding carboxylic acids is 1. The van der Waals surface area contributed by atoms with E-state index < -0.39 is 10.9 Å². The number of carbonyl (C=O) groups is 1. The Bertz CT molecular complexity index is 995. The fraction of sp³-hybridized carbons (Fsp3) is 0.409. The van der Waals surface area contributed by atoms with Gasteiger partial charge in [-0.3, -0.25) is 8.98 Å². The number of hydrogen-bond acceptors (Lipinski definition) is 5. The number of ether oxygens (including phenoxy) is 1. The standard InChI is InChI=1S/C22H29FN2O4S/c1-14-11-16(7-10-20(14)25-30(27)28-6)15(2)24-21(26)13-29-17-8-9-18(19(23)12-17)22(3,4)5/h7-12,15,30H,13H2,1-6H3,(H,24,26)/t15-/m1/s1. The number of nitrogens with zero attached hydrogens (tertiary/aromatic N) is 1. The summed E-state index contributed by atoms with van der Waals surface area (Å²) in [4.78, 5) is 12.2. The Morgan fingerprint density at radius 3 is 2.50 bits per heavy atom. The molecule has 1 N–H and O–H groups in total. The van der Waals surface area contributed by atoms with Gasteiger partial charge in [-0.05, 0) is 48.1 Å². The average Bonchev–Trinajstić information content (AvgIpc) is 2.66. The van der Waals surface area contributed by atoms with Crippen LogP contribution in [-0.2, 0) is 25.3 Å². The number of rotatable bonds is 7. The molecule has 1 amide bonds. The molecule has 2 aromatic rings. The average molecular weight is 437 g/mol.